The first-order valence-corrected chi connectivity index (χ1v) is 7.00. The van der Waals surface area contributed by atoms with Crippen molar-refractivity contribution in [3.05, 3.63) is 33.2 Å². The molecule has 2 heterocycles. The number of hydrogen-bond donors (Lipinski definition) is 1. The number of hydrogen-bond acceptors (Lipinski definition) is 3. The van der Waals surface area contributed by atoms with Crippen LogP contribution in [-0.4, -0.2) is 18.5 Å². The summed E-state index contributed by atoms with van der Waals surface area (Å²) in [6, 6.07) is 4.14. The number of halogens is 1. The molecule has 0 spiro atoms. The molecule has 17 heavy (non-hydrogen) atoms. The number of nitrogens with two attached hydrogens (primary N) is 1. The van der Waals surface area contributed by atoms with Gasteiger partial charge in [0, 0.05) is 39.6 Å². The van der Waals surface area contributed by atoms with Gasteiger partial charge in [0.15, 0.2) is 0 Å². The molecule has 0 fully saturated rings. The van der Waals surface area contributed by atoms with E-state index in [-0.39, 0.29) is 0 Å². The molecule has 2 nitrogen and oxygen atoms in total. The molecule has 4 heteroatoms. The molecule has 0 unspecified atom stereocenters. The van der Waals surface area contributed by atoms with Gasteiger partial charge in [0.25, 0.3) is 0 Å². The van der Waals surface area contributed by atoms with Crippen LogP contribution in [0.1, 0.15) is 16.0 Å². The first-order valence-electron chi connectivity index (χ1n) is 5.81. The Hall–Kier alpha value is -0.610. The van der Waals surface area contributed by atoms with Crippen molar-refractivity contribution in [1.82, 2.24) is 4.90 Å². The third-order valence-corrected chi connectivity index (χ3v) is 5.02. The minimum atomic E-state index is 0.625. The topological polar surface area (TPSA) is 29.3 Å². The van der Waals surface area contributed by atoms with Crippen LogP contribution in [0, 0.1) is 0 Å². The quantitative estimate of drug-likeness (QED) is 0.860. The third-order valence-electron chi connectivity index (χ3n) is 3.45. The van der Waals surface area contributed by atoms with Crippen molar-refractivity contribution in [2.24, 2.45) is 5.73 Å². The summed E-state index contributed by atoms with van der Waals surface area (Å²) in [5.41, 5.74) is 8.56. The molecule has 0 saturated heterocycles. The van der Waals surface area contributed by atoms with Gasteiger partial charge in [-0.25, -0.2) is 0 Å². The fourth-order valence-corrected chi connectivity index (χ4v) is 3.95. The first kappa shape index (κ1) is 11.5. The van der Waals surface area contributed by atoms with Gasteiger partial charge in [-0.3, -0.25) is 0 Å². The largest absolute Gasteiger partial charge is 0.326 e. The second kappa shape index (κ2) is 4.25. The summed E-state index contributed by atoms with van der Waals surface area (Å²) in [5.74, 6) is 0. The van der Waals surface area contributed by atoms with Crippen molar-refractivity contribution < 1.29 is 0 Å². The van der Waals surface area contributed by atoms with Crippen molar-refractivity contribution in [1.29, 1.82) is 0 Å². The molecule has 0 bridgehead atoms. The molecular weight excluding hydrogens is 252 g/mol. The lowest BCUT2D eigenvalue weighted by molar-refractivity contribution is 0.336. The molecule has 1 aliphatic heterocycles. The molecule has 2 N–H and O–H groups in total. The van der Waals surface area contributed by atoms with Gasteiger partial charge in [0.05, 0.1) is 0 Å². The van der Waals surface area contributed by atoms with Gasteiger partial charge in [0.1, 0.15) is 0 Å². The van der Waals surface area contributed by atoms with E-state index in [1.807, 2.05) is 17.4 Å². The first-order chi connectivity index (χ1) is 8.20. The van der Waals surface area contributed by atoms with Gasteiger partial charge >= 0.3 is 0 Å². The van der Waals surface area contributed by atoms with Gasteiger partial charge in [-0.05, 0) is 36.7 Å². The molecule has 90 valence electrons. The summed E-state index contributed by atoms with van der Waals surface area (Å²) in [7, 11) is 2.16. The lowest BCUT2D eigenvalue weighted by Crippen LogP contribution is -2.19. The van der Waals surface area contributed by atoms with Crippen LogP contribution in [0.4, 0.5) is 0 Å². The van der Waals surface area contributed by atoms with E-state index in [0.29, 0.717) is 6.54 Å². The average molecular weight is 267 g/mol. The zero-order valence-electron chi connectivity index (χ0n) is 9.79. The molecule has 0 amide bonds. The number of thiophene rings is 1. The van der Waals surface area contributed by atoms with E-state index in [9.17, 15) is 0 Å². The maximum Gasteiger partial charge on any atom is 0.0445 e. The van der Waals surface area contributed by atoms with E-state index in [1.165, 1.54) is 26.1 Å². The molecule has 0 atom stereocenters. The van der Waals surface area contributed by atoms with Crippen molar-refractivity contribution in [2.45, 2.75) is 19.5 Å². The third kappa shape index (κ3) is 1.78. The van der Waals surface area contributed by atoms with Gasteiger partial charge in [-0.1, -0.05) is 11.6 Å². The lowest BCUT2D eigenvalue weighted by atomic mass is 10.0. The Labute approximate surface area is 110 Å². The second-order valence-electron chi connectivity index (χ2n) is 4.59. The summed E-state index contributed by atoms with van der Waals surface area (Å²) >= 11 is 8.15. The number of likely N-dealkylation sites (N-methyl/N-ethyl adjacent to an activating group) is 1. The molecule has 0 radical (unpaired) electrons. The molecule has 0 saturated carbocycles. The van der Waals surface area contributed by atoms with E-state index in [4.69, 9.17) is 17.3 Å². The van der Waals surface area contributed by atoms with Crippen LogP contribution in [0.15, 0.2) is 12.1 Å². The van der Waals surface area contributed by atoms with Crippen molar-refractivity contribution in [2.75, 3.05) is 13.6 Å². The van der Waals surface area contributed by atoms with Gasteiger partial charge in [-0.15, -0.1) is 11.3 Å². The van der Waals surface area contributed by atoms with Gasteiger partial charge in [0.2, 0.25) is 0 Å². The van der Waals surface area contributed by atoms with E-state index in [0.717, 1.165) is 24.5 Å². The Bertz CT molecular complexity index is 576. The van der Waals surface area contributed by atoms with E-state index < -0.39 is 0 Å². The maximum absolute atomic E-state index is 6.34. The predicted molar refractivity (Wildman–Crippen MR) is 74.8 cm³/mol. The molecule has 1 aromatic heterocycles. The minimum Gasteiger partial charge on any atom is -0.326 e. The smallest absolute Gasteiger partial charge is 0.0445 e. The number of nitrogens with zero attached hydrogens (tertiary/aromatic N) is 1. The van der Waals surface area contributed by atoms with E-state index in [2.05, 4.69) is 18.0 Å². The Morgan fingerprint density at radius 1 is 1.41 bits per heavy atom. The van der Waals surface area contributed by atoms with Crippen LogP contribution in [0.5, 0.6) is 0 Å². The molecule has 3 rings (SSSR count). The Balaban J connectivity index is 2.35. The van der Waals surface area contributed by atoms with Crippen LogP contribution in [-0.2, 0) is 19.5 Å². The van der Waals surface area contributed by atoms with Gasteiger partial charge < -0.3 is 10.6 Å². The Morgan fingerprint density at radius 2 is 2.24 bits per heavy atom. The molecule has 2 aromatic rings. The zero-order valence-corrected chi connectivity index (χ0v) is 11.4. The Morgan fingerprint density at radius 3 is 3.00 bits per heavy atom. The predicted octanol–water partition coefficient (Wildman–Crippen LogP) is 3.00. The summed E-state index contributed by atoms with van der Waals surface area (Å²) < 4.78 is 1.33. The standard InChI is InChI=1S/C13H15ClN2S/c1-16-5-4-8-10(14)2-3-11-13(8)9(7-16)12(6-15)17-11/h2-3H,4-7,15H2,1H3. The van der Waals surface area contributed by atoms with Crippen LogP contribution in [0.25, 0.3) is 10.1 Å². The van der Waals surface area contributed by atoms with Crippen LogP contribution >= 0.6 is 22.9 Å². The van der Waals surface area contributed by atoms with Crippen LogP contribution in [0.2, 0.25) is 5.02 Å². The molecule has 0 aliphatic carbocycles. The number of rotatable bonds is 1. The molecule has 1 aromatic carbocycles. The fraction of sp³-hybridized carbons (Fsp3) is 0.385. The van der Waals surface area contributed by atoms with E-state index >= 15 is 0 Å². The highest BCUT2D eigenvalue weighted by Crippen LogP contribution is 2.39. The average Bonchev–Trinajstić information content (AvgIpc) is 2.56. The van der Waals surface area contributed by atoms with Crippen molar-refractivity contribution >= 4 is 33.0 Å². The summed E-state index contributed by atoms with van der Waals surface area (Å²) in [5, 5.41) is 2.27. The summed E-state index contributed by atoms with van der Waals surface area (Å²) in [4.78, 5) is 3.65. The SMILES string of the molecule is CN1CCc2c(Cl)ccc3sc(CN)c(c23)C1. The highest BCUT2D eigenvalue weighted by molar-refractivity contribution is 7.19. The normalized spacial score (nSPS) is 16.4. The fourth-order valence-electron chi connectivity index (χ4n) is 2.58. The highest BCUT2D eigenvalue weighted by atomic mass is 35.5. The molecule has 1 aliphatic rings. The minimum absolute atomic E-state index is 0.625. The van der Waals surface area contributed by atoms with Crippen LogP contribution < -0.4 is 5.73 Å². The maximum atomic E-state index is 6.34. The summed E-state index contributed by atoms with van der Waals surface area (Å²) in [6.07, 6.45) is 1.03. The lowest BCUT2D eigenvalue weighted by Gasteiger charge is -2.13. The second-order valence-corrected chi connectivity index (χ2v) is 6.14. The Kier molecular flexibility index (Phi) is 2.87. The van der Waals surface area contributed by atoms with Gasteiger partial charge in [-0.2, -0.15) is 0 Å². The zero-order chi connectivity index (χ0) is 12.0. The number of benzene rings is 1. The molecular formula is C13H15ClN2S. The highest BCUT2D eigenvalue weighted by Gasteiger charge is 2.20. The van der Waals surface area contributed by atoms with E-state index in [1.54, 1.807) is 0 Å². The monoisotopic (exact) mass is 266 g/mol. The van der Waals surface area contributed by atoms with Crippen LogP contribution in [0.3, 0.4) is 0 Å². The van der Waals surface area contributed by atoms with Crippen molar-refractivity contribution in [3.63, 3.8) is 0 Å². The van der Waals surface area contributed by atoms with Crippen molar-refractivity contribution in [3.8, 4) is 0 Å². The summed E-state index contributed by atoms with van der Waals surface area (Å²) in [6.45, 7) is 2.67.